The predicted molar refractivity (Wildman–Crippen MR) is 117 cm³/mol. The maximum Gasteiger partial charge on any atom is 0.219 e. The molecule has 4 heterocycles. The second kappa shape index (κ2) is 8.97. The molecule has 0 radical (unpaired) electrons. The third-order valence-corrected chi connectivity index (χ3v) is 5.39. The van der Waals surface area contributed by atoms with Crippen LogP contribution in [0.25, 0.3) is 28.2 Å². The van der Waals surface area contributed by atoms with E-state index in [1.165, 1.54) is 0 Å². The van der Waals surface area contributed by atoms with Crippen LogP contribution in [0.1, 0.15) is 45.0 Å². The van der Waals surface area contributed by atoms with Gasteiger partial charge in [-0.2, -0.15) is 10.2 Å². The van der Waals surface area contributed by atoms with Gasteiger partial charge in [-0.05, 0) is 44.9 Å². The van der Waals surface area contributed by atoms with Gasteiger partial charge in [-0.15, -0.1) is 0 Å². The van der Waals surface area contributed by atoms with E-state index in [1.54, 1.807) is 10.8 Å². The SMILES string of the molecule is C=Cc1nn(C2CCCCO2)c2ncc(-c3cnn(C)c3O[C@@H](C)CNCC)cc12. The summed E-state index contributed by atoms with van der Waals surface area (Å²) in [5, 5.41) is 13.4. The van der Waals surface area contributed by atoms with Crippen LogP contribution >= 0.6 is 0 Å². The van der Waals surface area contributed by atoms with Gasteiger partial charge in [0.15, 0.2) is 11.9 Å². The molecule has 1 aliphatic rings. The normalized spacial score (nSPS) is 17.9. The fourth-order valence-electron chi connectivity index (χ4n) is 3.81. The molecule has 0 aromatic carbocycles. The van der Waals surface area contributed by atoms with Crippen LogP contribution in [0, 0.1) is 0 Å². The number of likely N-dealkylation sites (N-methyl/N-ethyl adjacent to an activating group) is 1. The molecule has 0 aliphatic carbocycles. The van der Waals surface area contributed by atoms with Crippen LogP contribution in [-0.4, -0.2) is 50.3 Å². The van der Waals surface area contributed by atoms with Crippen LogP contribution in [0.3, 0.4) is 0 Å². The van der Waals surface area contributed by atoms with E-state index in [0.717, 1.165) is 72.7 Å². The first-order valence-corrected chi connectivity index (χ1v) is 10.6. The Bertz CT molecular complexity index is 1020. The van der Waals surface area contributed by atoms with Crippen molar-refractivity contribution in [3.05, 3.63) is 30.7 Å². The number of nitrogens with one attached hydrogen (secondary N) is 1. The smallest absolute Gasteiger partial charge is 0.219 e. The van der Waals surface area contributed by atoms with Crippen molar-refractivity contribution in [2.45, 2.75) is 45.4 Å². The summed E-state index contributed by atoms with van der Waals surface area (Å²) >= 11 is 0. The van der Waals surface area contributed by atoms with Gasteiger partial charge in [-0.3, -0.25) is 0 Å². The van der Waals surface area contributed by atoms with E-state index in [-0.39, 0.29) is 12.3 Å². The number of fused-ring (bicyclic) bond motifs is 1. The first kappa shape index (κ1) is 20.6. The predicted octanol–water partition coefficient (Wildman–Crippen LogP) is 3.55. The zero-order chi connectivity index (χ0) is 21.1. The third kappa shape index (κ3) is 3.97. The van der Waals surface area contributed by atoms with Crippen LogP contribution < -0.4 is 10.1 Å². The van der Waals surface area contributed by atoms with Crippen molar-refractivity contribution in [1.82, 2.24) is 29.9 Å². The maximum absolute atomic E-state index is 6.19. The Hall–Kier alpha value is -2.71. The number of rotatable bonds is 8. The molecule has 1 unspecified atom stereocenters. The highest BCUT2D eigenvalue weighted by molar-refractivity contribution is 5.88. The number of aryl methyl sites for hydroxylation is 1. The first-order valence-electron chi connectivity index (χ1n) is 10.6. The minimum absolute atomic E-state index is 0.0192. The molecule has 1 aliphatic heterocycles. The van der Waals surface area contributed by atoms with Gasteiger partial charge >= 0.3 is 0 Å². The van der Waals surface area contributed by atoms with Crippen molar-refractivity contribution in [1.29, 1.82) is 0 Å². The molecule has 160 valence electrons. The van der Waals surface area contributed by atoms with E-state index in [2.05, 4.69) is 30.0 Å². The molecule has 8 nitrogen and oxygen atoms in total. The summed E-state index contributed by atoms with van der Waals surface area (Å²) in [6, 6.07) is 2.09. The zero-order valence-corrected chi connectivity index (χ0v) is 18.0. The Kier molecular flexibility index (Phi) is 6.15. The van der Waals surface area contributed by atoms with E-state index in [9.17, 15) is 0 Å². The van der Waals surface area contributed by atoms with E-state index in [4.69, 9.17) is 19.6 Å². The minimum Gasteiger partial charge on any atom is -0.473 e. The lowest BCUT2D eigenvalue weighted by atomic mass is 10.1. The highest BCUT2D eigenvalue weighted by atomic mass is 16.5. The molecule has 4 rings (SSSR count). The summed E-state index contributed by atoms with van der Waals surface area (Å²) in [6.07, 6.45) is 8.57. The molecule has 3 aromatic rings. The molecular weight excluding hydrogens is 380 g/mol. The quantitative estimate of drug-likeness (QED) is 0.612. The summed E-state index contributed by atoms with van der Waals surface area (Å²) in [5.74, 6) is 0.727. The third-order valence-electron chi connectivity index (χ3n) is 5.39. The van der Waals surface area contributed by atoms with Crippen LogP contribution in [0.4, 0.5) is 0 Å². The minimum atomic E-state index is -0.0718. The lowest BCUT2D eigenvalue weighted by Gasteiger charge is -2.23. The molecule has 8 heteroatoms. The zero-order valence-electron chi connectivity index (χ0n) is 18.0. The second-order valence-corrected chi connectivity index (χ2v) is 7.67. The Balaban J connectivity index is 1.70. The highest BCUT2D eigenvalue weighted by Crippen LogP contribution is 2.34. The summed E-state index contributed by atoms with van der Waals surface area (Å²) in [7, 11) is 1.89. The van der Waals surface area contributed by atoms with Crippen molar-refractivity contribution in [2.24, 2.45) is 7.05 Å². The van der Waals surface area contributed by atoms with E-state index < -0.39 is 0 Å². The maximum atomic E-state index is 6.19. The molecular formula is C22H30N6O2. The summed E-state index contributed by atoms with van der Waals surface area (Å²) < 4.78 is 15.8. The van der Waals surface area contributed by atoms with Gasteiger partial charge in [-0.25, -0.2) is 14.3 Å². The highest BCUT2D eigenvalue weighted by Gasteiger charge is 2.22. The second-order valence-electron chi connectivity index (χ2n) is 7.67. The molecule has 3 aromatic heterocycles. The van der Waals surface area contributed by atoms with Crippen molar-refractivity contribution in [3.8, 4) is 17.0 Å². The van der Waals surface area contributed by atoms with E-state index in [0.29, 0.717) is 0 Å². The summed E-state index contributed by atoms with van der Waals surface area (Å²) in [4.78, 5) is 4.75. The van der Waals surface area contributed by atoms with Gasteiger partial charge in [-0.1, -0.05) is 13.5 Å². The lowest BCUT2D eigenvalue weighted by Crippen LogP contribution is -2.29. The van der Waals surface area contributed by atoms with Crippen molar-refractivity contribution >= 4 is 17.1 Å². The Labute approximate surface area is 176 Å². The van der Waals surface area contributed by atoms with Gasteiger partial charge in [0.05, 0.1) is 17.5 Å². The number of ether oxygens (including phenoxy) is 2. The van der Waals surface area contributed by atoms with Gasteiger partial charge in [0.1, 0.15) is 6.10 Å². The average molecular weight is 411 g/mol. The Morgan fingerprint density at radius 1 is 1.40 bits per heavy atom. The van der Waals surface area contributed by atoms with Gasteiger partial charge in [0.25, 0.3) is 0 Å². The van der Waals surface area contributed by atoms with Crippen LogP contribution in [0.15, 0.2) is 25.0 Å². The van der Waals surface area contributed by atoms with Crippen LogP contribution in [0.2, 0.25) is 0 Å². The number of nitrogens with zero attached hydrogens (tertiary/aromatic N) is 5. The van der Waals surface area contributed by atoms with Crippen molar-refractivity contribution in [3.63, 3.8) is 0 Å². The summed E-state index contributed by atoms with van der Waals surface area (Å²) in [5.41, 5.74) is 3.47. The van der Waals surface area contributed by atoms with Gasteiger partial charge in [0.2, 0.25) is 5.88 Å². The molecule has 0 spiro atoms. The number of pyridine rings is 1. The molecule has 1 N–H and O–H groups in total. The van der Waals surface area contributed by atoms with E-state index in [1.807, 2.05) is 31.0 Å². The van der Waals surface area contributed by atoms with Crippen LogP contribution in [-0.2, 0) is 11.8 Å². The summed E-state index contributed by atoms with van der Waals surface area (Å²) in [6.45, 7) is 10.5. The average Bonchev–Trinajstić information content (AvgIpc) is 3.33. The number of hydrogen-bond donors (Lipinski definition) is 1. The number of aromatic nitrogens is 5. The fourth-order valence-corrected chi connectivity index (χ4v) is 3.81. The Morgan fingerprint density at radius 3 is 3.00 bits per heavy atom. The topological polar surface area (TPSA) is 79.0 Å². The lowest BCUT2D eigenvalue weighted by molar-refractivity contribution is -0.0370. The molecule has 2 atom stereocenters. The molecule has 1 fully saturated rings. The van der Waals surface area contributed by atoms with Crippen molar-refractivity contribution < 1.29 is 9.47 Å². The largest absolute Gasteiger partial charge is 0.473 e. The first-order chi connectivity index (χ1) is 14.6. The Morgan fingerprint density at radius 2 is 2.27 bits per heavy atom. The van der Waals surface area contributed by atoms with Gasteiger partial charge in [0, 0.05) is 37.3 Å². The van der Waals surface area contributed by atoms with Crippen LogP contribution in [0.5, 0.6) is 5.88 Å². The fraction of sp³-hybridized carbons (Fsp3) is 0.500. The molecule has 1 saturated heterocycles. The standard InChI is InChI=1S/C22H30N6O2/c1-5-19-17-11-16(13-24-21(17)28(26-19)20-9-7-8-10-29-20)18-14-25-27(4)22(18)30-15(3)12-23-6-2/h5,11,13-15,20,23H,1,6-10,12H2,2-4H3/t15-,20?/m0/s1. The molecule has 0 bridgehead atoms. The monoisotopic (exact) mass is 410 g/mol. The molecule has 0 saturated carbocycles. The molecule has 0 amide bonds. The van der Waals surface area contributed by atoms with Crippen molar-refractivity contribution in [2.75, 3.05) is 19.7 Å². The number of hydrogen-bond acceptors (Lipinski definition) is 6. The van der Waals surface area contributed by atoms with E-state index >= 15 is 0 Å². The molecule has 30 heavy (non-hydrogen) atoms. The van der Waals surface area contributed by atoms with Gasteiger partial charge < -0.3 is 14.8 Å².